The molecule has 18 heavy (non-hydrogen) atoms. The predicted octanol–water partition coefficient (Wildman–Crippen LogP) is 2.54. The van der Waals surface area contributed by atoms with Crippen molar-refractivity contribution >= 4 is 11.4 Å². The average molecular weight is 244 g/mol. The summed E-state index contributed by atoms with van der Waals surface area (Å²) >= 11 is 0. The molecule has 2 aromatic rings. The van der Waals surface area contributed by atoms with Gasteiger partial charge in [-0.05, 0) is 30.3 Å². The molecule has 0 amide bonds. The number of nitrogen functional groups attached to an aromatic ring is 2. The van der Waals surface area contributed by atoms with Gasteiger partial charge in [-0.2, -0.15) is 0 Å². The summed E-state index contributed by atoms with van der Waals surface area (Å²) in [5, 5.41) is 0. The zero-order valence-electron chi connectivity index (χ0n) is 10.4. The van der Waals surface area contributed by atoms with Gasteiger partial charge in [-0.15, -0.1) is 0 Å². The van der Waals surface area contributed by atoms with Gasteiger partial charge in [0.25, 0.3) is 0 Å². The second-order valence-corrected chi connectivity index (χ2v) is 3.92. The van der Waals surface area contributed by atoms with Crippen LogP contribution in [0.15, 0.2) is 36.4 Å². The van der Waals surface area contributed by atoms with E-state index in [2.05, 4.69) is 0 Å². The summed E-state index contributed by atoms with van der Waals surface area (Å²) in [5.41, 5.74) is 14.7. The molecule has 0 aliphatic rings. The van der Waals surface area contributed by atoms with E-state index in [9.17, 15) is 0 Å². The van der Waals surface area contributed by atoms with Crippen molar-refractivity contribution in [2.75, 3.05) is 25.7 Å². The summed E-state index contributed by atoms with van der Waals surface area (Å²) < 4.78 is 10.7. The van der Waals surface area contributed by atoms with Crippen LogP contribution in [0.4, 0.5) is 11.4 Å². The summed E-state index contributed by atoms with van der Waals surface area (Å²) in [6.07, 6.45) is 0. The molecule has 4 heteroatoms. The van der Waals surface area contributed by atoms with Crippen LogP contribution >= 0.6 is 0 Å². The highest BCUT2D eigenvalue weighted by molar-refractivity contribution is 5.79. The Hall–Kier alpha value is -2.36. The SMILES string of the molecule is COc1cc(N)ccc1-c1cc(N)ccc1OC. The van der Waals surface area contributed by atoms with Gasteiger partial charge in [0.05, 0.1) is 14.2 Å². The van der Waals surface area contributed by atoms with Crippen LogP contribution in [-0.2, 0) is 0 Å². The van der Waals surface area contributed by atoms with Gasteiger partial charge in [0, 0.05) is 28.6 Å². The van der Waals surface area contributed by atoms with E-state index in [0.29, 0.717) is 17.1 Å². The normalized spacial score (nSPS) is 10.1. The molecule has 0 spiro atoms. The standard InChI is InChI=1S/C14H16N2O2/c1-17-13-6-4-9(15)7-12(13)11-5-3-10(16)8-14(11)18-2/h3-8H,15-16H2,1-2H3. The minimum absolute atomic E-state index is 0.651. The maximum Gasteiger partial charge on any atom is 0.128 e. The molecule has 0 radical (unpaired) electrons. The van der Waals surface area contributed by atoms with Crippen LogP contribution < -0.4 is 20.9 Å². The number of benzene rings is 2. The van der Waals surface area contributed by atoms with Gasteiger partial charge in [0.2, 0.25) is 0 Å². The molecule has 94 valence electrons. The number of anilines is 2. The van der Waals surface area contributed by atoms with Gasteiger partial charge in [-0.25, -0.2) is 0 Å². The minimum Gasteiger partial charge on any atom is -0.496 e. The molecule has 0 unspecified atom stereocenters. The molecule has 0 heterocycles. The maximum atomic E-state index is 5.82. The van der Waals surface area contributed by atoms with Crippen LogP contribution in [0, 0.1) is 0 Å². The van der Waals surface area contributed by atoms with Gasteiger partial charge >= 0.3 is 0 Å². The summed E-state index contributed by atoms with van der Waals surface area (Å²) in [6, 6.07) is 11.0. The van der Waals surface area contributed by atoms with Crippen molar-refractivity contribution in [3.8, 4) is 22.6 Å². The Morgan fingerprint density at radius 3 is 2.00 bits per heavy atom. The fraction of sp³-hybridized carbons (Fsp3) is 0.143. The van der Waals surface area contributed by atoms with Gasteiger partial charge in [-0.3, -0.25) is 0 Å². The molecule has 0 saturated heterocycles. The quantitative estimate of drug-likeness (QED) is 0.814. The highest BCUT2D eigenvalue weighted by Crippen LogP contribution is 2.38. The maximum absolute atomic E-state index is 5.82. The van der Waals surface area contributed by atoms with Crippen molar-refractivity contribution in [3.63, 3.8) is 0 Å². The Labute approximate surface area is 106 Å². The summed E-state index contributed by atoms with van der Waals surface area (Å²) in [4.78, 5) is 0. The second kappa shape index (κ2) is 4.87. The number of ether oxygens (including phenoxy) is 2. The van der Waals surface area contributed by atoms with E-state index >= 15 is 0 Å². The molecule has 4 N–H and O–H groups in total. The minimum atomic E-state index is 0.651. The third kappa shape index (κ3) is 2.18. The molecule has 0 aliphatic carbocycles. The lowest BCUT2D eigenvalue weighted by Crippen LogP contribution is -1.95. The third-order valence-corrected chi connectivity index (χ3v) is 2.74. The molecular formula is C14H16N2O2. The molecule has 0 aliphatic heterocycles. The third-order valence-electron chi connectivity index (χ3n) is 2.74. The molecule has 0 saturated carbocycles. The smallest absolute Gasteiger partial charge is 0.128 e. The Bertz CT molecular complexity index is 568. The summed E-state index contributed by atoms with van der Waals surface area (Å²) in [6.45, 7) is 0. The highest BCUT2D eigenvalue weighted by atomic mass is 16.5. The van der Waals surface area contributed by atoms with Crippen molar-refractivity contribution in [2.24, 2.45) is 0 Å². The zero-order valence-corrected chi connectivity index (χ0v) is 10.4. The largest absolute Gasteiger partial charge is 0.496 e. The topological polar surface area (TPSA) is 70.5 Å². The van der Waals surface area contributed by atoms with Crippen molar-refractivity contribution in [2.45, 2.75) is 0 Å². The van der Waals surface area contributed by atoms with Gasteiger partial charge < -0.3 is 20.9 Å². The molecular weight excluding hydrogens is 228 g/mol. The summed E-state index contributed by atoms with van der Waals surface area (Å²) in [7, 11) is 3.23. The van der Waals surface area contributed by atoms with Crippen LogP contribution in [0.3, 0.4) is 0 Å². The molecule has 2 rings (SSSR count). The number of methoxy groups -OCH3 is 2. The molecule has 0 bridgehead atoms. The lowest BCUT2D eigenvalue weighted by Gasteiger charge is -2.13. The molecule has 4 nitrogen and oxygen atoms in total. The van der Waals surface area contributed by atoms with E-state index in [4.69, 9.17) is 20.9 Å². The summed E-state index contributed by atoms with van der Waals surface area (Å²) in [5.74, 6) is 1.44. The molecule has 0 fully saturated rings. The van der Waals surface area contributed by atoms with Crippen molar-refractivity contribution in [3.05, 3.63) is 36.4 Å². The fourth-order valence-corrected chi connectivity index (χ4v) is 1.87. The van der Waals surface area contributed by atoms with E-state index in [0.717, 1.165) is 16.9 Å². The number of rotatable bonds is 3. The van der Waals surface area contributed by atoms with Gasteiger partial charge in [0.15, 0.2) is 0 Å². The average Bonchev–Trinajstić information content (AvgIpc) is 2.38. The predicted molar refractivity (Wildman–Crippen MR) is 73.8 cm³/mol. The second-order valence-electron chi connectivity index (χ2n) is 3.92. The van der Waals surface area contributed by atoms with Crippen LogP contribution in [-0.4, -0.2) is 14.2 Å². The lowest BCUT2D eigenvalue weighted by molar-refractivity contribution is 0.410. The first kappa shape index (κ1) is 12.1. The number of hydrogen-bond acceptors (Lipinski definition) is 4. The lowest BCUT2D eigenvalue weighted by atomic mass is 10.0. The van der Waals surface area contributed by atoms with E-state index in [-0.39, 0.29) is 0 Å². The first-order valence-corrected chi connectivity index (χ1v) is 5.53. The molecule has 2 aromatic carbocycles. The first-order chi connectivity index (χ1) is 8.65. The van der Waals surface area contributed by atoms with Crippen LogP contribution in [0.5, 0.6) is 11.5 Å². The Morgan fingerprint density at radius 1 is 0.722 bits per heavy atom. The van der Waals surface area contributed by atoms with Gasteiger partial charge in [-0.1, -0.05) is 0 Å². The van der Waals surface area contributed by atoms with Crippen LogP contribution in [0.2, 0.25) is 0 Å². The van der Waals surface area contributed by atoms with E-state index in [1.165, 1.54) is 0 Å². The molecule has 0 atom stereocenters. The first-order valence-electron chi connectivity index (χ1n) is 5.53. The van der Waals surface area contributed by atoms with Crippen molar-refractivity contribution in [1.82, 2.24) is 0 Å². The van der Waals surface area contributed by atoms with Gasteiger partial charge in [0.1, 0.15) is 11.5 Å². The number of nitrogens with two attached hydrogens (primary N) is 2. The Balaban J connectivity index is 2.64. The van der Waals surface area contributed by atoms with Crippen molar-refractivity contribution in [1.29, 1.82) is 0 Å². The van der Waals surface area contributed by atoms with Crippen molar-refractivity contribution < 1.29 is 9.47 Å². The van der Waals surface area contributed by atoms with E-state index in [1.54, 1.807) is 26.4 Å². The number of hydrogen-bond donors (Lipinski definition) is 2. The van der Waals surface area contributed by atoms with E-state index < -0.39 is 0 Å². The zero-order chi connectivity index (χ0) is 13.1. The Morgan fingerprint density at radius 2 is 1.33 bits per heavy atom. The van der Waals surface area contributed by atoms with E-state index in [1.807, 2.05) is 24.3 Å². The monoisotopic (exact) mass is 244 g/mol. The van der Waals surface area contributed by atoms with Crippen LogP contribution in [0.25, 0.3) is 11.1 Å². The Kier molecular flexibility index (Phi) is 3.28. The molecule has 0 aromatic heterocycles. The van der Waals surface area contributed by atoms with Crippen LogP contribution in [0.1, 0.15) is 0 Å². The highest BCUT2D eigenvalue weighted by Gasteiger charge is 2.11. The fourth-order valence-electron chi connectivity index (χ4n) is 1.87.